The van der Waals surface area contributed by atoms with Gasteiger partial charge in [-0.25, -0.2) is 0 Å². The number of hydrogen-bond donors (Lipinski definition) is 1. The van der Waals surface area contributed by atoms with E-state index in [0.29, 0.717) is 17.4 Å². The van der Waals surface area contributed by atoms with E-state index in [1.807, 2.05) is 25.1 Å². The number of carbonyl (C=O) groups excluding carboxylic acids is 1. The molecule has 7 heteroatoms. The van der Waals surface area contributed by atoms with Crippen LogP contribution in [0.1, 0.15) is 43.0 Å². The van der Waals surface area contributed by atoms with Crippen LogP contribution in [0.2, 0.25) is 0 Å². The summed E-state index contributed by atoms with van der Waals surface area (Å²) in [4.78, 5) is 12.5. The first-order valence-electron chi connectivity index (χ1n) is 7.99. The second kappa shape index (κ2) is 7.32. The Morgan fingerprint density at radius 1 is 1.48 bits per heavy atom. The lowest BCUT2D eigenvalue weighted by molar-refractivity contribution is 0.0899. The van der Waals surface area contributed by atoms with Gasteiger partial charge in [0.05, 0.1) is 17.4 Å². The minimum atomic E-state index is -0.115. The molecule has 7 nitrogen and oxygen atoms in total. The van der Waals surface area contributed by atoms with E-state index in [1.54, 1.807) is 6.07 Å². The first-order valence-corrected chi connectivity index (χ1v) is 7.99. The maximum Gasteiger partial charge on any atom is 0.253 e. The van der Waals surface area contributed by atoms with Crippen LogP contribution in [0.4, 0.5) is 0 Å². The second-order valence-electron chi connectivity index (χ2n) is 5.86. The summed E-state index contributed by atoms with van der Waals surface area (Å²) in [6.45, 7) is 2.89. The molecule has 2 atom stereocenters. The molecule has 1 aliphatic heterocycles. The molecule has 1 amide bonds. The highest BCUT2D eigenvalue weighted by atomic mass is 16.5. The van der Waals surface area contributed by atoms with Crippen LogP contribution < -0.4 is 5.32 Å². The molecule has 1 fully saturated rings. The Bertz CT molecular complexity index is 638. The molecule has 122 valence electrons. The van der Waals surface area contributed by atoms with Gasteiger partial charge in [-0.05, 0) is 55.2 Å². The van der Waals surface area contributed by atoms with Gasteiger partial charge in [0.25, 0.3) is 5.91 Å². The van der Waals surface area contributed by atoms with Gasteiger partial charge < -0.3 is 10.1 Å². The highest BCUT2D eigenvalue weighted by molar-refractivity contribution is 5.97. The van der Waals surface area contributed by atoms with E-state index < -0.39 is 0 Å². The van der Waals surface area contributed by atoms with Crippen molar-refractivity contribution in [3.05, 3.63) is 36.2 Å². The largest absolute Gasteiger partial charge is 0.378 e. The summed E-state index contributed by atoms with van der Waals surface area (Å²) >= 11 is 0. The Morgan fingerprint density at radius 2 is 2.35 bits per heavy atom. The summed E-state index contributed by atoms with van der Waals surface area (Å²) in [5.74, 6) is -0.115. The lowest BCUT2D eigenvalue weighted by atomic mass is 10.1. The lowest BCUT2D eigenvalue weighted by Crippen LogP contribution is -2.33. The Morgan fingerprint density at radius 3 is 3.09 bits per heavy atom. The zero-order valence-electron chi connectivity index (χ0n) is 13.2. The molecule has 23 heavy (non-hydrogen) atoms. The average Bonchev–Trinajstić information content (AvgIpc) is 3.26. The molecule has 3 rings (SSSR count). The molecule has 2 heterocycles. The van der Waals surface area contributed by atoms with E-state index in [-0.39, 0.29) is 11.9 Å². The van der Waals surface area contributed by atoms with Gasteiger partial charge in [-0.2, -0.15) is 4.68 Å². The van der Waals surface area contributed by atoms with E-state index in [1.165, 1.54) is 11.0 Å². The molecular weight excluding hydrogens is 294 g/mol. The Hall–Kier alpha value is -2.28. The molecule has 0 radical (unpaired) electrons. The van der Waals surface area contributed by atoms with E-state index in [9.17, 15) is 4.79 Å². The Kier molecular flexibility index (Phi) is 4.97. The molecule has 1 aliphatic rings. The molecule has 1 N–H and O–H groups in total. The zero-order chi connectivity index (χ0) is 16.1. The smallest absolute Gasteiger partial charge is 0.253 e. The lowest BCUT2D eigenvalue weighted by Gasteiger charge is -2.17. The standard InChI is InChI=1S/C16H21N5O2/c1-12(8-9-13-5-4-10-23-13)18-16(22)14-6-2-3-7-15(14)21-11-17-19-20-21/h2-3,6-7,11-13H,4-5,8-10H2,1H3,(H,18,22). The van der Waals surface area contributed by atoms with Crippen LogP contribution in [-0.2, 0) is 4.74 Å². The summed E-state index contributed by atoms with van der Waals surface area (Å²) < 4.78 is 7.11. The summed E-state index contributed by atoms with van der Waals surface area (Å²) in [7, 11) is 0. The van der Waals surface area contributed by atoms with Gasteiger partial charge in [-0.15, -0.1) is 5.10 Å². The number of tetrazole rings is 1. The molecule has 2 unspecified atom stereocenters. The van der Waals surface area contributed by atoms with Crippen molar-refractivity contribution in [3.8, 4) is 5.69 Å². The molecule has 0 aliphatic carbocycles. The van der Waals surface area contributed by atoms with Crippen molar-refractivity contribution in [2.24, 2.45) is 0 Å². The molecule has 0 saturated carbocycles. The van der Waals surface area contributed by atoms with E-state index >= 15 is 0 Å². The predicted octanol–water partition coefficient (Wildman–Crippen LogP) is 1.74. The first kappa shape index (κ1) is 15.6. The van der Waals surface area contributed by atoms with Crippen molar-refractivity contribution >= 4 is 5.91 Å². The normalized spacial score (nSPS) is 18.7. The van der Waals surface area contributed by atoms with Crippen LogP contribution in [0.25, 0.3) is 5.69 Å². The van der Waals surface area contributed by atoms with Gasteiger partial charge in [0.15, 0.2) is 0 Å². The number of para-hydroxylation sites is 1. The first-order chi connectivity index (χ1) is 11.2. The number of rotatable bonds is 6. The molecule has 2 aromatic rings. The van der Waals surface area contributed by atoms with Crippen LogP contribution in [0.5, 0.6) is 0 Å². The number of ether oxygens (including phenoxy) is 1. The van der Waals surface area contributed by atoms with Crippen LogP contribution >= 0.6 is 0 Å². The summed E-state index contributed by atoms with van der Waals surface area (Å²) in [6.07, 6.45) is 5.99. The number of nitrogens with zero attached hydrogens (tertiary/aromatic N) is 4. The van der Waals surface area contributed by atoms with Gasteiger partial charge in [-0.1, -0.05) is 12.1 Å². The van der Waals surface area contributed by atoms with Crippen LogP contribution in [-0.4, -0.2) is 44.9 Å². The molecule has 1 aromatic carbocycles. The van der Waals surface area contributed by atoms with Crippen LogP contribution in [0.15, 0.2) is 30.6 Å². The maximum atomic E-state index is 12.5. The fourth-order valence-electron chi connectivity index (χ4n) is 2.82. The fourth-order valence-corrected chi connectivity index (χ4v) is 2.82. The monoisotopic (exact) mass is 315 g/mol. The molecule has 0 bridgehead atoms. The van der Waals surface area contributed by atoms with Crippen molar-refractivity contribution in [1.82, 2.24) is 25.5 Å². The zero-order valence-corrected chi connectivity index (χ0v) is 13.2. The summed E-state index contributed by atoms with van der Waals surface area (Å²) in [5.41, 5.74) is 1.23. The van der Waals surface area contributed by atoms with Crippen molar-refractivity contribution < 1.29 is 9.53 Å². The number of amides is 1. The van der Waals surface area contributed by atoms with Gasteiger partial charge in [0.1, 0.15) is 6.33 Å². The highest BCUT2D eigenvalue weighted by Crippen LogP contribution is 2.18. The second-order valence-corrected chi connectivity index (χ2v) is 5.86. The van der Waals surface area contributed by atoms with E-state index in [2.05, 4.69) is 20.8 Å². The quantitative estimate of drug-likeness (QED) is 0.878. The molecule has 0 spiro atoms. The number of carbonyl (C=O) groups is 1. The van der Waals surface area contributed by atoms with Gasteiger partial charge >= 0.3 is 0 Å². The molecule has 1 saturated heterocycles. The van der Waals surface area contributed by atoms with Crippen LogP contribution in [0.3, 0.4) is 0 Å². The van der Waals surface area contributed by atoms with Crippen molar-refractivity contribution in [1.29, 1.82) is 0 Å². The van der Waals surface area contributed by atoms with Gasteiger partial charge in [0, 0.05) is 12.6 Å². The Balaban J connectivity index is 1.61. The topological polar surface area (TPSA) is 81.9 Å². The third kappa shape index (κ3) is 3.92. The number of nitrogens with one attached hydrogen (secondary N) is 1. The third-order valence-corrected chi connectivity index (χ3v) is 4.07. The predicted molar refractivity (Wildman–Crippen MR) is 84.3 cm³/mol. The Labute approximate surface area is 135 Å². The van der Waals surface area contributed by atoms with Crippen molar-refractivity contribution in [2.45, 2.75) is 44.8 Å². The SMILES string of the molecule is CC(CCC1CCCO1)NC(=O)c1ccccc1-n1cnnn1. The van der Waals surface area contributed by atoms with E-state index in [0.717, 1.165) is 32.3 Å². The van der Waals surface area contributed by atoms with Crippen molar-refractivity contribution in [2.75, 3.05) is 6.61 Å². The molecular formula is C16H21N5O2. The highest BCUT2D eigenvalue weighted by Gasteiger charge is 2.19. The van der Waals surface area contributed by atoms with Gasteiger partial charge in [0.2, 0.25) is 0 Å². The summed E-state index contributed by atoms with van der Waals surface area (Å²) in [6, 6.07) is 7.38. The minimum absolute atomic E-state index is 0.0913. The number of benzene rings is 1. The number of hydrogen-bond acceptors (Lipinski definition) is 5. The van der Waals surface area contributed by atoms with Crippen molar-refractivity contribution in [3.63, 3.8) is 0 Å². The fraction of sp³-hybridized carbons (Fsp3) is 0.500. The minimum Gasteiger partial charge on any atom is -0.378 e. The third-order valence-electron chi connectivity index (χ3n) is 4.07. The van der Waals surface area contributed by atoms with E-state index in [4.69, 9.17) is 4.74 Å². The van der Waals surface area contributed by atoms with Gasteiger partial charge in [-0.3, -0.25) is 4.79 Å². The van der Waals surface area contributed by atoms with Crippen LogP contribution in [0, 0.1) is 0 Å². The molecule has 1 aromatic heterocycles. The average molecular weight is 315 g/mol. The maximum absolute atomic E-state index is 12.5. The number of aromatic nitrogens is 4. The summed E-state index contributed by atoms with van der Waals surface area (Å²) in [5, 5.41) is 14.1.